The number of alkyl halides is 1. The van der Waals surface area contributed by atoms with Crippen molar-refractivity contribution in [2.45, 2.75) is 57.8 Å². The number of nitrogens with zero attached hydrogens (tertiary/aromatic N) is 1. The lowest BCUT2D eigenvalue weighted by atomic mass is 9.75. The topological polar surface area (TPSA) is 98.5 Å². The minimum Gasteiger partial charge on any atom is -0.391 e. The standard InChI is InChI=1S/C16H23FN2O4/c1-15(2,3)11(12(18)13(22)16(17)4-5-16)14(23)19-7-10(21)6-9(19)8-20/h8-11,18,21H,4-7H2,1-3H3/t9-,10+,11?/m0/s1. The number of likely N-dealkylation sites (tertiary alicyclic amines) is 1. The number of amides is 1. The van der Waals surface area contributed by atoms with E-state index in [2.05, 4.69) is 0 Å². The molecule has 0 bridgehead atoms. The molecule has 128 valence electrons. The first-order valence-electron chi connectivity index (χ1n) is 7.77. The number of carbonyl (C=O) groups excluding carboxylic acids is 3. The van der Waals surface area contributed by atoms with Crippen LogP contribution in [0, 0.1) is 16.7 Å². The molecule has 1 heterocycles. The molecule has 0 spiro atoms. The van der Waals surface area contributed by atoms with Crippen molar-refractivity contribution in [3.8, 4) is 0 Å². The quantitative estimate of drug-likeness (QED) is 0.579. The number of carbonyl (C=O) groups is 3. The van der Waals surface area contributed by atoms with Crippen molar-refractivity contribution in [1.29, 1.82) is 5.41 Å². The van der Waals surface area contributed by atoms with Crippen LogP contribution in [0.3, 0.4) is 0 Å². The summed E-state index contributed by atoms with van der Waals surface area (Å²) < 4.78 is 14.0. The van der Waals surface area contributed by atoms with Crippen LogP contribution in [0.15, 0.2) is 0 Å². The first kappa shape index (κ1) is 17.7. The van der Waals surface area contributed by atoms with Crippen molar-refractivity contribution in [2.24, 2.45) is 11.3 Å². The predicted molar refractivity (Wildman–Crippen MR) is 80.9 cm³/mol. The second-order valence-corrected chi connectivity index (χ2v) is 7.59. The van der Waals surface area contributed by atoms with Gasteiger partial charge in [0.15, 0.2) is 5.67 Å². The van der Waals surface area contributed by atoms with Gasteiger partial charge in [-0.3, -0.25) is 9.59 Å². The first-order chi connectivity index (χ1) is 10.5. The summed E-state index contributed by atoms with van der Waals surface area (Å²) in [6, 6.07) is -0.773. The van der Waals surface area contributed by atoms with Crippen LogP contribution in [-0.2, 0) is 14.4 Å². The molecule has 7 heteroatoms. The van der Waals surface area contributed by atoms with Gasteiger partial charge in [-0.15, -0.1) is 0 Å². The molecule has 0 radical (unpaired) electrons. The van der Waals surface area contributed by atoms with Crippen molar-refractivity contribution in [1.82, 2.24) is 4.90 Å². The third kappa shape index (κ3) is 3.34. The number of aliphatic hydroxyl groups excluding tert-OH is 1. The van der Waals surface area contributed by atoms with E-state index in [0.29, 0.717) is 6.29 Å². The fourth-order valence-corrected chi connectivity index (χ4v) is 3.03. The molecular formula is C16H23FN2O4. The smallest absolute Gasteiger partial charge is 0.233 e. The van der Waals surface area contributed by atoms with E-state index in [4.69, 9.17) is 5.41 Å². The van der Waals surface area contributed by atoms with Gasteiger partial charge in [-0.1, -0.05) is 20.8 Å². The molecule has 0 aromatic carbocycles. The third-order valence-electron chi connectivity index (χ3n) is 4.50. The van der Waals surface area contributed by atoms with Crippen LogP contribution in [0.1, 0.15) is 40.0 Å². The number of halogens is 1. The maximum Gasteiger partial charge on any atom is 0.233 e. The van der Waals surface area contributed by atoms with Gasteiger partial charge in [0, 0.05) is 13.0 Å². The molecule has 23 heavy (non-hydrogen) atoms. The molecule has 2 N–H and O–H groups in total. The van der Waals surface area contributed by atoms with Crippen LogP contribution in [0.4, 0.5) is 4.39 Å². The van der Waals surface area contributed by atoms with Crippen LogP contribution in [0.5, 0.6) is 0 Å². The van der Waals surface area contributed by atoms with Gasteiger partial charge in [-0.25, -0.2) is 4.39 Å². The summed E-state index contributed by atoms with van der Waals surface area (Å²) in [5, 5.41) is 17.8. The Balaban J connectivity index is 2.28. The van der Waals surface area contributed by atoms with E-state index < -0.39 is 46.5 Å². The van der Waals surface area contributed by atoms with E-state index in [0.717, 1.165) is 0 Å². The van der Waals surface area contributed by atoms with E-state index in [1.807, 2.05) is 0 Å². The molecule has 1 aliphatic carbocycles. The van der Waals surface area contributed by atoms with Crippen LogP contribution in [-0.4, -0.2) is 58.1 Å². The van der Waals surface area contributed by atoms with Gasteiger partial charge >= 0.3 is 0 Å². The second-order valence-electron chi connectivity index (χ2n) is 7.59. The Kier molecular flexibility index (Phi) is 4.45. The molecule has 0 aromatic heterocycles. The second kappa shape index (κ2) is 5.78. The molecule has 1 saturated carbocycles. The Morgan fingerprint density at radius 1 is 1.39 bits per heavy atom. The van der Waals surface area contributed by atoms with Crippen molar-refractivity contribution in [3.05, 3.63) is 0 Å². The summed E-state index contributed by atoms with van der Waals surface area (Å²) >= 11 is 0. The van der Waals surface area contributed by atoms with Gasteiger partial charge in [-0.2, -0.15) is 0 Å². The predicted octanol–water partition coefficient (Wildman–Crippen LogP) is 0.900. The monoisotopic (exact) mass is 326 g/mol. The number of hydrogen-bond acceptors (Lipinski definition) is 5. The Morgan fingerprint density at radius 3 is 2.39 bits per heavy atom. The van der Waals surface area contributed by atoms with Crippen molar-refractivity contribution < 1.29 is 23.9 Å². The molecule has 1 aliphatic heterocycles. The average Bonchev–Trinajstić information content (AvgIpc) is 3.07. The van der Waals surface area contributed by atoms with Crippen molar-refractivity contribution in [3.63, 3.8) is 0 Å². The van der Waals surface area contributed by atoms with Crippen LogP contribution < -0.4 is 0 Å². The number of hydrogen-bond donors (Lipinski definition) is 2. The Morgan fingerprint density at radius 2 is 1.96 bits per heavy atom. The summed E-state index contributed by atoms with van der Waals surface area (Å²) in [7, 11) is 0. The van der Waals surface area contributed by atoms with Gasteiger partial charge in [0.25, 0.3) is 0 Å². The van der Waals surface area contributed by atoms with Crippen molar-refractivity contribution in [2.75, 3.05) is 6.54 Å². The fraction of sp³-hybridized carbons (Fsp3) is 0.750. The molecule has 6 nitrogen and oxygen atoms in total. The molecular weight excluding hydrogens is 303 g/mol. The van der Waals surface area contributed by atoms with Gasteiger partial charge in [0.2, 0.25) is 11.7 Å². The normalized spacial score (nSPS) is 27.4. The lowest BCUT2D eigenvalue weighted by molar-refractivity contribution is -0.139. The Labute approximate surface area is 134 Å². The number of aliphatic hydroxyl groups is 1. The Bertz CT molecular complexity index is 551. The summed E-state index contributed by atoms with van der Waals surface area (Å²) in [4.78, 5) is 37.3. The number of nitrogens with one attached hydrogen (secondary N) is 1. The number of β-amino-alcohol motifs (C(OH)–C–C–N with tert-alkyl or cyclic N) is 1. The molecule has 0 aromatic rings. The van der Waals surface area contributed by atoms with E-state index in [9.17, 15) is 23.9 Å². The zero-order valence-corrected chi connectivity index (χ0v) is 13.6. The Hall–Kier alpha value is -1.63. The van der Waals surface area contributed by atoms with Gasteiger partial charge in [0.05, 0.1) is 23.8 Å². The highest BCUT2D eigenvalue weighted by Gasteiger charge is 2.55. The van der Waals surface area contributed by atoms with Crippen LogP contribution in [0.25, 0.3) is 0 Å². The van der Waals surface area contributed by atoms with Crippen molar-refractivity contribution >= 4 is 23.7 Å². The molecule has 2 rings (SSSR count). The number of aldehydes is 1. The summed E-state index contributed by atoms with van der Waals surface area (Å²) in [5.41, 5.74) is -3.33. The number of ketones is 1. The van der Waals surface area contributed by atoms with E-state index in [1.54, 1.807) is 20.8 Å². The van der Waals surface area contributed by atoms with E-state index in [1.165, 1.54) is 4.90 Å². The summed E-state index contributed by atoms with van der Waals surface area (Å²) in [6.45, 7) is 5.06. The SMILES string of the molecule is CC(C)(C)C(C(=N)C(=O)C1(F)CC1)C(=O)N1C[C@H](O)C[C@H]1C=O. The highest BCUT2D eigenvalue weighted by Crippen LogP contribution is 2.43. The van der Waals surface area contributed by atoms with Gasteiger partial charge < -0.3 is 20.2 Å². The zero-order valence-electron chi connectivity index (χ0n) is 13.6. The number of rotatable bonds is 5. The fourth-order valence-electron chi connectivity index (χ4n) is 3.03. The lowest BCUT2D eigenvalue weighted by Gasteiger charge is -2.34. The molecule has 1 unspecified atom stereocenters. The molecule has 1 amide bonds. The molecule has 3 atom stereocenters. The van der Waals surface area contributed by atoms with E-state index >= 15 is 0 Å². The molecule has 1 saturated heterocycles. The maximum absolute atomic E-state index is 14.0. The maximum atomic E-state index is 14.0. The highest BCUT2D eigenvalue weighted by molar-refractivity contribution is 6.46. The number of Topliss-reactive ketones (excluding diaryl/α,β-unsaturated/α-hetero) is 1. The first-order valence-corrected chi connectivity index (χ1v) is 7.77. The largest absolute Gasteiger partial charge is 0.391 e. The van der Waals surface area contributed by atoms with Crippen LogP contribution >= 0.6 is 0 Å². The lowest BCUT2D eigenvalue weighted by Crippen LogP contribution is -2.50. The minimum atomic E-state index is -2.00. The third-order valence-corrected chi connectivity index (χ3v) is 4.50. The summed E-state index contributed by atoms with van der Waals surface area (Å²) in [6.07, 6.45) is 0.0739. The van der Waals surface area contributed by atoms with Crippen LogP contribution in [0.2, 0.25) is 0 Å². The molecule has 2 aliphatic rings. The molecule has 2 fully saturated rings. The zero-order chi connectivity index (χ0) is 17.6. The average molecular weight is 326 g/mol. The minimum absolute atomic E-state index is 0.0168. The van der Waals surface area contributed by atoms with Gasteiger partial charge in [-0.05, 0) is 18.3 Å². The van der Waals surface area contributed by atoms with Gasteiger partial charge in [0.1, 0.15) is 6.29 Å². The van der Waals surface area contributed by atoms with E-state index in [-0.39, 0.29) is 25.8 Å². The highest BCUT2D eigenvalue weighted by atomic mass is 19.1. The summed E-state index contributed by atoms with van der Waals surface area (Å²) in [5.74, 6) is -2.65.